The van der Waals surface area contributed by atoms with Crippen molar-refractivity contribution in [3.8, 4) is 0 Å². The fraction of sp³-hybridized carbons (Fsp3) is 0.111. The molecule has 3 rings (SSSR count). The van der Waals surface area contributed by atoms with Gasteiger partial charge in [0.25, 0.3) is 0 Å². The van der Waals surface area contributed by atoms with E-state index in [4.69, 9.17) is 0 Å². The first-order valence-electron chi connectivity index (χ1n) is 6.76. The molecule has 0 saturated heterocycles. The van der Waals surface area contributed by atoms with Crippen molar-refractivity contribution in [2.24, 2.45) is 0 Å². The molecule has 0 N–H and O–H groups in total. The van der Waals surface area contributed by atoms with E-state index in [1.807, 2.05) is 24.8 Å². The quantitative estimate of drug-likeness (QED) is 0.715. The molecule has 0 aliphatic heterocycles. The number of benzene rings is 1. The van der Waals surface area contributed by atoms with Crippen LogP contribution in [0.1, 0.15) is 22.3 Å². The van der Waals surface area contributed by atoms with Crippen LogP contribution in [-0.4, -0.2) is 9.97 Å². The van der Waals surface area contributed by atoms with Gasteiger partial charge in [-0.1, -0.05) is 24.3 Å². The Kier molecular flexibility index (Phi) is 3.83. The van der Waals surface area contributed by atoms with Crippen LogP contribution in [0.25, 0.3) is 0 Å². The van der Waals surface area contributed by atoms with Crippen LogP contribution in [0.4, 0.5) is 0 Å². The van der Waals surface area contributed by atoms with E-state index in [1.54, 1.807) is 0 Å². The monoisotopic (exact) mass is 260 g/mol. The van der Waals surface area contributed by atoms with Crippen molar-refractivity contribution >= 4 is 0 Å². The smallest absolute Gasteiger partial charge is 0.0270 e. The number of hydrogen-bond acceptors (Lipinski definition) is 2. The maximum atomic E-state index is 4.05. The van der Waals surface area contributed by atoms with Gasteiger partial charge < -0.3 is 0 Å². The van der Waals surface area contributed by atoms with E-state index >= 15 is 0 Å². The van der Waals surface area contributed by atoms with Crippen molar-refractivity contribution in [2.45, 2.75) is 12.8 Å². The maximum absolute atomic E-state index is 4.05. The molecule has 2 heteroatoms. The van der Waals surface area contributed by atoms with Crippen LogP contribution >= 0.6 is 0 Å². The third-order valence-corrected chi connectivity index (χ3v) is 3.31. The van der Waals surface area contributed by atoms with Gasteiger partial charge in [0.15, 0.2) is 0 Å². The summed E-state index contributed by atoms with van der Waals surface area (Å²) in [7, 11) is 0. The zero-order valence-electron chi connectivity index (χ0n) is 11.2. The van der Waals surface area contributed by atoms with Crippen LogP contribution in [0.3, 0.4) is 0 Å². The van der Waals surface area contributed by atoms with Crippen LogP contribution in [0.5, 0.6) is 0 Å². The lowest BCUT2D eigenvalue weighted by Gasteiger charge is -2.06. The predicted molar refractivity (Wildman–Crippen MR) is 80.5 cm³/mol. The molecule has 3 aromatic rings. The van der Waals surface area contributed by atoms with E-state index in [2.05, 4.69) is 58.5 Å². The Balaban J connectivity index is 1.76. The Bertz CT molecular complexity index is 607. The van der Waals surface area contributed by atoms with E-state index in [0.717, 1.165) is 12.8 Å². The van der Waals surface area contributed by atoms with E-state index in [9.17, 15) is 0 Å². The average molecular weight is 260 g/mol. The predicted octanol–water partition coefficient (Wildman–Crippen LogP) is 3.66. The van der Waals surface area contributed by atoms with Gasteiger partial charge >= 0.3 is 0 Å². The lowest BCUT2D eigenvalue weighted by Crippen LogP contribution is -1.92. The van der Waals surface area contributed by atoms with Crippen molar-refractivity contribution in [3.05, 3.63) is 95.6 Å². The zero-order chi connectivity index (χ0) is 13.6. The lowest BCUT2D eigenvalue weighted by molar-refractivity contribution is 1.12. The number of hydrogen-bond donors (Lipinski definition) is 0. The number of nitrogens with zero attached hydrogens (tertiary/aromatic N) is 2. The van der Waals surface area contributed by atoms with Gasteiger partial charge in [0.05, 0.1) is 0 Å². The minimum absolute atomic E-state index is 0.951. The molecule has 2 aromatic heterocycles. The van der Waals surface area contributed by atoms with Crippen LogP contribution < -0.4 is 0 Å². The normalized spacial score (nSPS) is 10.4. The summed E-state index contributed by atoms with van der Waals surface area (Å²) in [6.07, 6.45) is 9.28. The van der Waals surface area contributed by atoms with Gasteiger partial charge in [-0.25, -0.2) is 0 Å². The molecule has 0 atom stereocenters. The van der Waals surface area contributed by atoms with Gasteiger partial charge in [-0.2, -0.15) is 0 Å². The maximum Gasteiger partial charge on any atom is 0.0270 e. The third-order valence-electron chi connectivity index (χ3n) is 3.31. The van der Waals surface area contributed by atoms with Gasteiger partial charge in [-0.05, 0) is 59.4 Å². The van der Waals surface area contributed by atoms with Crippen molar-refractivity contribution < 1.29 is 0 Å². The molecule has 2 nitrogen and oxygen atoms in total. The highest BCUT2D eigenvalue weighted by atomic mass is 14.6. The largest absolute Gasteiger partial charge is 0.265 e. The Morgan fingerprint density at radius 1 is 0.550 bits per heavy atom. The molecule has 20 heavy (non-hydrogen) atoms. The van der Waals surface area contributed by atoms with E-state index in [1.165, 1.54) is 22.3 Å². The highest BCUT2D eigenvalue weighted by Gasteiger charge is 2.00. The summed E-state index contributed by atoms with van der Waals surface area (Å²) >= 11 is 0. The van der Waals surface area contributed by atoms with Gasteiger partial charge in [0.2, 0.25) is 0 Å². The van der Waals surface area contributed by atoms with E-state index < -0.39 is 0 Å². The summed E-state index contributed by atoms with van der Waals surface area (Å²) in [5.74, 6) is 0. The lowest BCUT2D eigenvalue weighted by atomic mass is 10.0. The summed E-state index contributed by atoms with van der Waals surface area (Å²) < 4.78 is 0. The van der Waals surface area contributed by atoms with Crippen LogP contribution in [-0.2, 0) is 12.8 Å². The first-order valence-corrected chi connectivity index (χ1v) is 6.76. The summed E-state index contributed by atoms with van der Waals surface area (Å²) in [6.45, 7) is 0. The molecule has 0 bridgehead atoms. The third kappa shape index (κ3) is 3.29. The molecule has 2 heterocycles. The zero-order valence-corrected chi connectivity index (χ0v) is 11.2. The molecule has 0 unspecified atom stereocenters. The number of aromatic nitrogens is 2. The van der Waals surface area contributed by atoms with Crippen molar-refractivity contribution in [1.29, 1.82) is 0 Å². The van der Waals surface area contributed by atoms with Crippen molar-refractivity contribution in [2.75, 3.05) is 0 Å². The van der Waals surface area contributed by atoms with Gasteiger partial charge in [0, 0.05) is 24.8 Å². The van der Waals surface area contributed by atoms with Crippen LogP contribution in [0.2, 0.25) is 0 Å². The first kappa shape index (κ1) is 12.5. The van der Waals surface area contributed by atoms with Crippen LogP contribution in [0, 0.1) is 0 Å². The van der Waals surface area contributed by atoms with Crippen molar-refractivity contribution in [1.82, 2.24) is 9.97 Å². The topological polar surface area (TPSA) is 25.8 Å². The van der Waals surface area contributed by atoms with E-state index in [0.29, 0.717) is 0 Å². The molecule has 0 amide bonds. The molecule has 0 aliphatic rings. The molecule has 0 radical (unpaired) electrons. The Morgan fingerprint density at radius 2 is 1.00 bits per heavy atom. The van der Waals surface area contributed by atoms with Crippen molar-refractivity contribution in [3.63, 3.8) is 0 Å². The van der Waals surface area contributed by atoms with Gasteiger partial charge in [0.1, 0.15) is 0 Å². The first-order chi connectivity index (χ1) is 9.90. The molecule has 0 spiro atoms. The second kappa shape index (κ2) is 6.11. The fourth-order valence-corrected chi connectivity index (χ4v) is 2.32. The number of pyridine rings is 2. The molecule has 98 valence electrons. The average Bonchev–Trinajstić information content (AvgIpc) is 2.50. The Morgan fingerprint density at radius 3 is 1.45 bits per heavy atom. The highest BCUT2D eigenvalue weighted by molar-refractivity contribution is 5.31. The molecular weight excluding hydrogens is 244 g/mol. The SMILES string of the molecule is c1cc(Cc2ccncc2)cc(Cc2ccncc2)c1. The Labute approximate surface area is 119 Å². The Hall–Kier alpha value is -2.48. The van der Waals surface area contributed by atoms with Gasteiger partial charge in [-0.3, -0.25) is 9.97 Å². The highest BCUT2D eigenvalue weighted by Crippen LogP contribution is 2.14. The molecular formula is C18H16N2. The summed E-state index contributed by atoms with van der Waals surface area (Å²) in [5.41, 5.74) is 5.26. The number of rotatable bonds is 4. The van der Waals surface area contributed by atoms with E-state index in [-0.39, 0.29) is 0 Å². The summed E-state index contributed by atoms with van der Waals surface area (Å²) in [5, 5.41) is 0. The standard InChI is InChI=1S/C18H16N2/c1-2-17(12-15-4-8-19-9-5-15)14-18(3-1)13-16-6-10-20-11-7-16/h1-11,14H,12-13H2. The molecule has 0 fully saturated rings. The second-order valence-corrected chi connectivity index (χ2v) is 4.88. The summed E-state index contributed by atoms with van der Waals surface area (Å²) in [4.78, 5) is 8.11. The van der Waals surface area contributed by atoms with Gasteiger partial charge in [-0.15, -0.1) is 0 Å². The fourth-order valence-electron chi connectivity index (χ4n) is 2.32. The second-order valence-electron chi connectivity index (χ2n) is 4.88. The van der Waals surface area contributed by atoms with Crippen LogP contribution in [0.15, 0.2) is 73.3 Å². The molecule has 0 saturated carbocycles. The minimum atomic E-state index is 0.951. The molecule has 0 aliphatic carbocycles. The summed E-state index contributed by atoms with van der Waals surface area (Å²) in [6, 6.07) is 17.0. The minimum Gasteiger partial charge on any atom is -0.265 e. The molecule has 1 aromatic carbocycles.